The predicted molar refractivity (Wildman–Crippen MR) is 112 cm³/mol. The van der Waals surface area contributed by atoms with Crippen molar-refractivity contribution in [2.75, 3.05) is 5.32 Å². The highest BCUT2D eigenvalue weighted by molar-refractivity contribution is 5.91. The monoisotopic (exact) mass is 375 g/mol. The number of amides is 2. The number of aryl methyl sites for hydroxylation is 3. The summed E-state index contributed by atoms with van der Waals surface area (Å²) in [6.45, 7) is 6.86. The van der Waals surface area contributed by atoms with Crippen LogP contribution in [-0.2, 0) is 13.2 Å². The fourth-order valence-corrected chi connectivity index (χ4v) is 3.10. The molecule has 0 bridgehead atoms. The first-order chi connectivity index (χ1) is 13.5. The van der Waals surface area contributed by atoms with Crippen molar-refractivity contribution in [3.05, 3.63) is 88.7 Å². The maximum absolute atomic E-state index is 12.3. The molecule has 1 heterocycles. The number of nitrogens with one attached hydrogen (secondary N) is 2. The van der Waals surface area contributed by atoms with E-state index in [1.807, 2.05) is 63.2 Å². The van der Waals surface area contributed by atoms with Crippen LogP contribution in [0.1, 0.15) is 27.9 Å². The minimum absolute atomic E-state index is 0.227. The number of carbonyl (C=O) groups excluding carboxylic acids is 1. The Bertz CT molecular complexity index is 932. The number of pyridine rings is 1. The van der Waals surface area contributed by atoms with Crippen molar-refractivity contribution < 1.29 is 9.53 Å². The molecule has 144 valence electrons. The van der Waals surface area contributed by atoms with Crippen LogP contribution in [0, 0.1) is 20.8 Å². The van der Waals surface area contributed by atoms with Crippen molar-refractivity contribution in [3.63, 3.8) is 0 Å². The van der Waals surface area contributed by atoms with E-state index in [-0.39, 0.29) is 6.03 Å². The van der Waals surface area contributed by atoms with Gasteiger partial charge in [-0.3, -0.25) is 4.98 Å². The quantitative estimate of drug-likeness (QED) is 0.644. The largest absolute Gasteiger partial charge is 0.487 e. The Morgan fingerprint density at radius 2 is 1.79 bits per heavy atom. The van der Waals surface area contributed by atoms with Crippen LogP contribution in [0.4, 0.5) is 10.5 Å². The average molecular weight is 375 g/mol. The van der Waals surface area contributed by atoms with Crippen LogP contribution in [0.2, 0.25) is 0 Å². The first-order valence-electron chi connectivity index (χ1n) is 9.25. The van der Waals surface area contributed by atoms with E-state index < -0.39 is 0 Å². The smallest absolute Gasteiger partial charge is 0.319 e. The van der Waals surface area contributed by atoms with Gasteiger partial charge in [0.05, 0.1) is 5.69 Å². The van der Waals surface area contributed by atoms with Gasteiger partial charge in [-0.1, -0.05) is 35.9 Å². The molecule has 0 fully saturated rings. The Hall–Kier alpha value is -3.34. The summed E-state index contributed by atoms with van der Waals surface area (Å²) in [5.41, 5.74) is 5.98. The van der Waals surface area contributed by atoms with Gasteiger partial charge in [-0.2, -0.15) is 0 Å². The molecule has 5 heteroatoms. The molecule has 5 nitrogen and oxygen atoms in total. The van der Waals surface area contributed by atoms with Crippen molar-refractivity contribution in [3.8, 4) is 5.75 Å². The Morgan fingerprint density at radius 1 is 1.00 bits per heavy atom. The van der Waals surface area contributed by atoms with E-state index in [2.05, 4.69) is 27.8 Å². The lowest BCUT2D eigenvalue weighted by molar-refractivity contribution is 0.251. The summed E-state index contributed by atoms with van der Waals surface area (Å²) in [7, 11) is 0. The molecule has 0 saturated heterocycles. The molecular formula is C23H25N3O2. The van der Waals surface area contributed by atoms with Gasteiger partial charge >= 0.3 is 6.03 Å². The van der Waals surface area contributed by atoms with E-state index in [0.29, 0.717) is 13.2 Å². The lowest BCUT2D eigenvalue weighted by Gasteiger charge is -2.14. The van der Waals surface area contributed by atoms with Crippen molar-refractivity contribution in [2.24, 2.45) is 0 Å². The number of carbonyl (C=O) groups is 1. The molecule has 1 aromatic heterocycles. The summed E-state index contributed by atoms with van der Waals surface area (Å²) in [4.78, 5) is 16.6. The topological polar surface area (TPSA) is 63.2 Å². The molecule has 28 heavy (non-hydrogen) atoms. The molecule has 0 radical (unpaired) electrons. The number of nitrogens with zero attached hydrogens (tertiary/aromatic N) is 1. The molecule has 0 aliphatic rings. The Kier molecular flexibility index (Phi) is 6.27. The van der Waals surface area contributed by atoms with Crippen LogP contribution in [0.15, 0.2) is 60.8 Å². The molecule has 3 rings (SSSR count). The highest BCUT2D eigenvalue weighted by Crippen LogP contribution is 2.22. The fourth-order valence-electron chi connectivity index (χ4n) is 3.10. The summed E-state index contributed by atoms with van der Waals surface area (Å²) in [5.74, 6) is 0.746. The van der Waals surface area contributed by atoms with Gasteiger partial charge in [0.15, 0.2) is 0 Å². The van der Waals surface area contributed by atoms with Gasteiger partial charge in [0.1, 0.15) is 12.4 Å². The molecule has 0 unspecified atom stereocenters. The molecule has 0 atom stereocenters. The number of hydrogen-bond acceptors (Lipinski definition) is 3. The minimum Gasteiger partial charge on any atom is -0.487 e. The van der Waals surface area contributed by atoms with Crippen LogP contribution >= 0.6 is 0 Å². The highest BCUT2D eigenvalue weighted by atomic mass is 16.5. The van der Waals surface area contributed by atoms with Gasteiger partial charge in [-0.05, 0) is 61.7 Å². The molecule has 2 amide bonds. The number of urea groups is 1. The third-order valence-corrected chi connectivity index (χ3v) is 4.38. The van der Waals surface area contributed by atoms with Crippen molar-refractivity contribution in [1.82, 2.24) is 10.3 Å². The van der Waals surface area contributed by atoms with Gasteiger partial charge in [0.2, 0.25) is 0 Å². The van der Waals surface area contributed by atoms with Crippen LogP contribution in [0.25, 0.3) is 0 Å². The molecule has 0 aliphatic carbocycles. The molecule has 0 aliphatic heterocycles. The van der Waals surface area contributed by atoms with Crippen molar-refractivity contribution >= 4 is 11.7 Å². The van der Waals surface area contributed by atoms with E-state index in [1.165, 1.54) is 5.56 Å². The number of aromatic nitrogens is 1. The SMILES string of the molecule is Cc1cc(C)c(NC(=O)NCc2cccc(OCc3ccccn3)c2)c(C)c1. The molecule has 0 saturated carbocycles. The van der Waals surface area contributed by atoms with Gasteiger partial charge < -0.3 is 15.4 Å². The average Bonchev–Trinajstić information content (AvgIpc) is 2.69. The molecule has 2 N–H and O–H groups in total. The Balaban J connectivity index is 1.55. The summed E-state index contributed by atoms with van der Waals surface area (Å²) >= 11 is 0. The molecule has 0 spiro atoms. The molecule has 3 aromatic rings. The maximum atomic E-state index is 12.3. The van der Waals surface area contributed by atoms with E-state index in [0.717, 1.165) is 33.8 Å². The van der Waals surface area contributed by atoms with Gasteiger partial charge in [0, 0.05) is 18.4 Å². The minimum atomic E-state index is -0.227. The van der Waals surface area contributed by atoms with Gasteiger partial charge in [-0.25, -0.2) is 4.79 Å². The van der Waals surface area contributed by atoms with E-state index >= 15 is 0 Å². The molecular weight excluding hydrogens is 350 g/mol. The number of anilines is 1. The second kappa shape index (κ2) is 9.04. The summed E-state index contributed by atoms with van der Waals surface area (Å²) in [5, 5.41) is 5.85. The summed E-state index contributed by atoms with van der Waals surface area (Å²) in [6, 6.07) is 17.3. The van der Waals surface area contributed by atoms with E-state index in [9.17, 15) is 4.79 Å². The fraction of sp³-hybridized carbons (Fsp3) is 0.217. The van der Waals surface area contributed by atoms with E-state index in [4.69, 9.17) is 4.74 Å². The first-order valence-corrected chi connectivity index (χ1v) is 9.25. The summed E-state index contributed by atoms with van der Waals surface area (Å²) in [6.07, 6.45) is 1.75. The zero-order valence-electron chi connectivity index (χ0n) is 16.5. The lowest BCUT2D eigenvalue weighted by atomic mass is 10.1. The second-order valence-corrected chi connectivity index (χ2v) is 6.84. The normalized spacial score (nSPS) is 10.4. The number of hydrogen-bond donors (Lipinski definition) is 2. The number of rotatable bonds is 6. The van der Waals surface area contributed by atoms with Crippen molar-refractivity contribution in [1.29, 1.82) is 0 Å². The first kappa shape index (κ1) is 19.4. The number of ether oxygens (including phenoxy) is 1. The van der Waals surface area contributed by atoms with Crippen LogP contribution < -0.4 is 15.4 Å². The van der Waals surface area contributed by atoms with Crippen LogP contribution in [0.5, 0.6) is 5.75 Å². The van der Waals surface area contributed by atoms with Gasteiger partial charge in [0.25, 0.3) is 0 Å². The Labute approximate surface area is 165 Å². The third-order valence-electron chi connectivity index (χ3n) is 4.38. The predicted octanol–water partition coefficient (Wildman–Crippen LogP) is 4.91. The zero-order chi connectivity index (χ0) is 19.9. The summed E-state index contributed by atoms with van der Waals surface area (Å²) < 4.78 is 5.79. The highest BCUT2D eigenvalue weighted by Gasteiger charge is 2.08. The van der Waals surface area contributed by atoms with E-state index in [1.54, 1.807) is 6.20 Å². The Morgan fingerprint density at radius 3 is 2.50 bits per heavy atom. The number of benzene rings is 2. The van der Waals surface area contributed by atoms with Crippen molar-refractivity contribution in [2.45, 2.75) is 33.9 Å². The standard InChI is InChI=1S/C23H25N3O2/c1-16-11-17(2)22(18(3)12-16)26-23(27)25-14-19-7-6-9-21(13-19)28-15-20-8-4-5-10-24-20/h4-13H,14-15H2,1-3H3,(H2,25,26,27). The maximum Gasteiger partial charge on any atom is 0.319 e. The second-order valence-electron chi connectivity index (χ2n) is 6.84. The van der Waals surface area contributed by atoms with Gasteiger partial charge in [-0.15, -0.1) is 0 Å². The lowest BCUT2D eigenvalue weighted by Crippen LogP contribution is -2.28. The van der Waals surface area contributed by atoms with Crippen LogP contribution in [-0.4, -0.2) is 11.0 Å². The third kappa shape index (κ3) is 5.33. The zero-order valence-corrected chi connectivity index (χ0v) is 16.5. The van der Waals surface area contributed by atoms with Crippen LogP contribution in [0.3, 0.4) is 0 Å². The molecule has 2 aromatic carbocycles.